The van der Waals surface area contributed by atoms with Gasteiger partial charge in [0.05, 0.1) is 5.92 Å². The summed E-state index contributed by atoms with van der Waals surface area (Å²) in [7, 11) is 0. The van der Waals surface area contributed by atoms with Crippen molar-refractivity contribution in [3.63, 3.8) is 0 Å². The second-order valence-corrected chi connectivity index (χ2v) is 4.65. The third-order valence-corrected chi connectivity index (χ3v) is 3.41. The number of aryl methyl sites for hydroxylation is 1. The van der Waals surface area contributed by atoms with Crippen molar-refractivity contribution in [2.75, 3.05) is 0 Å². The summed E-state index contributed by atoms with van der Waals surface area (Å²) < 4.78 is 5.85. The molecule has 0 fully saturated rings. The van der Waals surface area contributed by atoms with Gasteiger partial charge in [-0.3, -0.25) is 4.79 Å². The highest BCUT2D eigenvalue weighted by atomic mass is 16.5. The molecule has 1 aliphatic heterocycles. The van der Waals surface area contributed by atoms with Crippen LogP contribution in [-0.4, -0.2) is 17.2 Å². The smallest absolute Gasteiger partial charge is 0.310 e. The van der Waals surface area contributed by atoms with E-state index < -0.39 is 11.9 Å². The van der Waals surface area contributed by atoms with Gasteiger partial charge in [0.15, 0.2) is 0 Å². The van der Waals surface area contributed by atoms with E-state index in [2.05, 4.69) is 0 Å². The van der Waals surface area contributed by atoms with Crippen molar-refractivity contribution in [2.45, 2.75) is 39.2 Å². The lowest BCUT2D eigenvalue weighted by atomic mass is 9.87. The molecule has 0 saturated heterocycles. The van der Waals surface area contributed by atoms with E-state index in [-0.39, 0.29) is 6.10 Å². The highest BCUT2D eigenvalue weighted by molar-refractivity contribution is 5.72. The van der Waals surface area contributed by atoms with E-state index in [0.717, 1.165) is 29.7 Å². The molecule has 0 aliphatic carbocycles. The zero-order valence-corrected chi connectivity index (χ0v) is 10.3. The summed E-state index contributed by atoms with van der Waals surface area (Å²) in [6.07, 6.45) is 2.13. The predicted molar refractivity (Wildman–Crippen MR) is 65.3 cm³/mol. The molecule has 0 amide bonds. The Morgan fingerprint density at radius 1 is 1.53 bits per heavy atom. The van der Waals surface area contributed by atoms with Gasteiger partial charge in [-0.05, 0) is 37.0 Å². The molecule has 0 aromatic heterocycles. The van der Waals surface area contributed by atoms with Gasteiger partial charge >= 0.3 is 5.97 Å². The molecule has 1 N–H and O–H groups in total. The van der Waals surface area contributed by atoms with Crippen LogP contribution in [0.5, 0.6) is 5.75 Å². The van der Waals surface area contributed by atoms with Gasteiger partial charge in [-0.15, -0.1) is 0 Å². The summed E-state index contributed by atoms with van der Waals surface area (Å²) in [6.45, 7) is 4.05. The van der Waals surface area contributed by atoms with Crippen LogP contribution in [0.2, 0.25) is 0 Å². The second-order valence-electron chi connectivity index (χ2n) is 4.65. The minimum atomic E-state index is -0.752. The number of benzene rings is 1. The van der Waals surface area contributed by atoms with Gasteiger partial charge in [0.25, 0.3) is 0 Å². The highest BCUT2D eigenvalue weighted by Crippen LogP contribution is 2.34. The number of ether oxygens (including phenoxy) is 1. The third-order valence-electron chi connectivity index (χ3n) is 3.41. The van der Waals surface area contributed by atoms with Crippen molar-refractivity contribution in [3.05, 3.63) is 29.3 Å². The third kappa shape index (κ3) is 2.28. The first-order chi connectivity index (χ1) is 8.13. The van der Waals surface area contributed by atoms with Crippen molar-refractivity contribution in [2.24, 2.45) is 5.92 Å². The first-order valence-corrected chi connectivity index (χ1v) is 6.11. The molecule has 2 rings (SSSR count). The largest absolute Gasteiger partial charge is 0.489 e. The van der Waals surface area contributed by atoms with E-state index in [1.165, 1.54) is 0 Å². The van der Waals surface area contributed by atoms with Crippen LogP contribution < -0.4 is 4.74 Å². The summed E-state index contributed by atoms with van der Waals surface area (Å²) in [4.78, 5) is 11.3. The molecule has 2 unspecified atom stereocenters. The molecule has 92 valence electrons. The molecule has 0 spiro atoms. The molecular formula is C14H18O3. The Bertz CT molecular complexity index is 425. The zero-order chi connectivity index (χ0) is 12.4. The normalized spacial score (nSPS) is 22.7. The summed E-state index contributed by atoms with van der Waals surface area (Å²) in [5.74, 6) is -0.304. The molecule has 1 aliphatic rings. The number of carboxylic acid groups (broad SMARTS) is 1. The molecule has 0 saturated carbocycles. The number of aliphatic carboxylic acids is 1. The number of rotatable bonds is 3. The van der Waals surface area contributed by atoms with Crippen LogP contribution in [0.15, 0.2) is 18.2 Å². The molecule has 3 heteroatoms. The Hall–Kier alpha value is -1.51. The number of hydrogen-bond acceptors (Lipinski definition) is 2. The molecule has 0 bridgehead atoms. The van der Waals surface area contributed by atoms with E-state index in [9.17, 15) is 9.90 Å². The molecule has 1 aromatic rings. The molecule has 1 aromatic carbocycles. The fraction of sp³-hybridized carbons (Fsp3) is 0.500. The fourth-order valence-electron chi connectivity index (χ4n) is 2.43. The molecule has 2 atom stereocenters. The first-order valence-electron chi connectivity index (χ1n) is 6.11. The maximum atomic E-state index is 11.3. The summed E-state index contributed by atoms with van der Waals surface area (Å²) >= 11 is 0. The lowest BCUT2D eigenvalue weighted by Crippen LogP contribution is -2.38. The van der Waals surface area contributed by atoms with Gasteiger partial charge in [0.1, 0.15) is 11.9 Å². The zero-order valence-electron chi connectivity index (χ0n) is 10.3. The average molecular weight is 234 g/mol. The number of hydrogen-bond donors (Lipinski definition) is 1. The van der Waals surface area contributed by atoms with E-state index in [1.807, 2.05) is 32.0 Å². The van der Waals surface area contributed by atoms with Crippen molar-refractivity contribution in [1.29, 1.82) is 0 Å². The van der Waals surface area contributed by atoms with Crippen molar-refractivity contribution < 1.29 is 14.6 Å². The van der Waals surface area contributed by atoms with Crippen LogP contribution >= 0.6 is 0 Å². The Morgan fingerprint density at radius 2 is 2.29 bits per heavy atom. The Balaban J connectivity index is 2.33. The first kappa shape index (κ1) is 12.0. The van der Waals surface area contributed by atoms with Crippen LogP contribution in [0.1, 0.15) is 30.9 Å². The monoisotopic (exact) mass is 234 g/mol. The Kier molecular flexibility index (Phi) is 3.36. The molecule has 3 nitrogen and oxygen atoms in total. The van der Waals surface area contributed by atoms with Crippen molar-refractivity contribution >= 4 is 5.97 Å². The van der Waals surface area contributed by atoms with Gasteiger partial charge in [-0.2, -0.15) is 0 Å². The topological polar surface area (TPSA) is 46.5 Å². The van der Waals surface area contributed by atoms with Gasteiger partial charge in [0.2, 0.25) is 0 Å². The minimum absolute atomic E-state index is 0.188. The Morgan fingerprint density at radius 3 is 2.94 bits per heavy atom. The summed E-state index contributed by atoms with van der Waals surface area (Å²) in [5.41, 5.74) is 2.16. The minimum Gasteiger partial charge on any atom is -0.489 e. The van der Waals surface area contributed by atoms with E-state index in [0.29, 0.717) is 6.42 Å². The molecule has 0 radical (unpaired) electrons. The van der Waals surface area contributed by atoms with E-state index >= 15 is 0 Å². The second kappa shape index (κ2) is 4.78. The van der Waals surface area contributed by atoms with Crippen LogP contribution in [0.4, 0.5) is 0 Å². The maximum absolute atomic E-state index is 11.3. The van der Waals surface area contributed by atoms with Crippen molar-refractivity contribution in [1.82, 2.24) is 0 Å². The number of carboxylic acids is 1. The lowest BCUT2D eigenvalue weighted by Gasteiger charge is -2.32. The van der Waals surface area contributed by atoms with Gasteiger partial charge in [-0.1, -0.05) is 25.5 Å². The number of fused-ring (bicyclic) bond motifs is 1. The standard InChI is InChI=1S/C14H18O3/c1-3-5-12-11(14(15)16)8-10-9(2)6-4-7-13(10)17-12/h4,6-7,11-12H,3,5,8H2,1-2H3,(H,15,16). The van der Waals surface area contributed by atoms with Crippen LogP contribution in [0.3, 0.4) is 0 Å². The average Bonchev–Trinajstić information content (AvgIpc) is 2.29. The predicted octanol–water partition coefficient (Wildman–Crippen LogP) is 2.80. The quantitative estimate of drug-likeness (QED) is 0.874. The lowest BCUT2D eigenvalue weighted by molar-refractivity contribution is -0.145. The summed E-state index contributed by atoms with van der Waals surface area (Å²) in [5, 5.41) is 9.27. The molecular weight excluding hydrogens is 216 g/mol. The molecule has 1 heterocycles. The van der Waals surface area contributed by atoms with Crippen LogP contribution in [0.25, 0.3) is 0 Å². The highest BCUT2D eigenvalue weighted by Gasteiger charge is 2.34. The van der Waals surface area contributed by atoms with Gasteiger partial charge in [-0.25, -0.2) is 0 Å². The summed E-state index contributed by atoms with van der Waals surface area (Å²) in [6, 6.07) is 5.89. The van der Waals surface area contributed by atoms with E-state index in [1.54, 1.807) is 0 Å². The van der Waals surface area contributed by atoms with E-state index in [4.69, 9.17) is 4.74 Å². The maximum Gasteiger partial charge on any atom is 0.310 e. The molecule has 17 heavy (non-hydrogen) atoms. The number of carbonyl (C=O) groups is 1. The van der Waals surface area contributed by atoms with Gasteiger partial charge in [0, 0.05) is 0 Å². The fourth-order valence-corrected chi connectivity index (χ4v) is 2.43. The SMILES string of the molecule is CCCC1Oc2cccc(C)c2CC1C(=O)O. The van der Waals surface area contributed by atoms with Gasteiger partial charge < -0.3 is 9.84 Å². The van der Waals surface area contributed by atoms with Crippen LogP contribution in [-0.2, 0) is 11.2 Å². The Labute approximate surface area is 101 Å². The van der Waals surface area contributed by atoms with Crippen LogP contribution in [0, 0.1) is 12.8 Å². The van der Waals surface area contributed by atoms with Crippen molar-refractivity contribution in [3.8, 4) is 5.75 Å².